The number of rotatable bonds is 3. The van der Waals surface area contributed by atoms with E-state index in [0.717, 1.165) is 22.3 Å². The third kappa shape index (κ3) is 2.20. The number of nitrogens with two attached hydrogens (primary N) is 1. The molecule has 0 amide bonds. The first-order valence-electron chi connectivity index (χ1n) is 6.88. The third-order valence-electron chi connectivity index (χ3n) is 3.80. The molecule has 5 heteroatoms. The van der Waals surface area contributed by atoms with E-state index in [1.807, 2.05) is 48.5 Å². The van der Waals surface area contributed by atoms with Crippen molar-refractivity contribution < 1.29 is 9.53 Å². The van der Waals surface area contributed by atoms with E-state index in [4.69, 9.17) is 15.9 Å². The van der Waals surface area contributed by atoms with Gasteiger partial charge < -0.3 is 15.8 Å². The molecule has 2 aromatic rings. The highest BCUT2D eigenvalue weighted by molar-refractivity contribution is 5.95. The Morgan fingerprint density at radius 3 is 2.05 bits per heavy atom. The van der Waals surface area contributed by atoms with Crippen LogP contribution in [0.1, 0.15) is 17.0 Å². The lowest BCUT2D eigenvalue weighted by atomic mass is 9.89. The molecule has 0 fully saturated rings. The van der Waals surface area contributed by atoms with Crippen molar-refractivity contribution in [1.82, 2.24) is 5.32 Å². The van der Waals surface area contributed by atoms with Crippen LogP contribution >= 0.6 is 0 Å². The van der Waals surface area contributed by atoms with Crippen LogP contribution < -0.4 is 11.1 Å². The summed E-state index contributed by atoms with van der Waals surface area (Å²) in [5.74, 6) is -1.13. The first kappa shape index (κ1) is 14.1. The molecule has 5 nitrogen and oxygen atoms in total. The van der Waals surface area contributed by atoms with Crippen LogP contribution in [0.4, 0.5) is 0 Å². The van der Waals surface area contributed by atoms with E-state index in [2.05, 4.69) is 5.32 Å². The standard InChI is InChI=1S/C17H16N3O2/c1-22-16(21)15(20-17(18)19)14-12-8-4-2-6-10(12)11-7-3-5-9-13(11)14/h2-9,14H,1H3,(H4,18,19,20). The monoisotopic (exact) mass is 294 g/mol. The molecule has 0 bridgehead atoms. The van der Waals surface area contributed by atoms with Crippen LogP contribution in [0.25, 0.3) is 11.1 Å². The molecule has 0 atom stereocenters. The van der Waals surface area contributed by atoms with Crippen LogP contribution in [0.2, 0.25) is 0 Å². The Labute approximate surface area is 128 Å². The Hall–Kier alpha value is -2.82. The number of methoxy groups -OCH3 is 1. The summed E-state index contributed by atoms with van der Waals surface area (Å²) in [7, 11) is 1.32. The molecule has 22 heavy (non-hydrogen) atoms. The molecule has 2 aromatic carbocycles. The number of carbonyl (C=O) groups is 1. The Bertz CT molecular complexity index is 697. The average molecular weight is 294 g/mol. The molecular weight excluding hydrogens is 278 g/mol. The number of esters is 1. The number of carbonyl (C=O) groups excluding carboxylic acids is 1. The van der Waals surface area contributed by atoms with Gasteiger partial charge in [-0.1, -0.05) is 48.5 Å². The van der Waals surface area contributed by atoms with Crippen LogP contribution in [0.3, 0.4) is 0 Å². The fourth-order valence-electron chi connectivity index (χ4n) is 2.96. The molecule has 0 saturated heterocycles. The molecule has 0 aromatic heterocycles. The molecule has 4 N–H and O–H groups in total. The zero-order valence-electron chi connectivity index (χ0n) is 12.1. The van der Waals surface area contributed by atoms with Crippen molar-refractivity contribution in [3.8, 4) is 11.1 Å². The van der Waals surface area contributed by atoms with Crippen LogP contribution in [0.15, 0.2) is 48.5 Å². The number of ether oxygens (including phenoxy) is 1. The highest BCUT2D eigenvalue weighted by Crippen LogP contribution is 2.48. The van der Waals surface area contributed by atoms with Crippen LogP contribution in [-0.2, 0) is 9.53 Å². The van der Waals surface area contributed by atoms with Crippen molar-refractivity contribution in [2.75, 3.05) is 7.11 Å². The summed E-state index contributed by atoms with van der Waals surface area (Å²) in [6.45, 7) is 0. The Balaban J connectivity index is 2.16. The van der Waals surface area contributed by atoms with Crippen molar-refractivity contribution in [3.05, 3.63) is 65.7 Å². The maximum atomic E-state index is 12.2. The minimum absolute atomic E-state index is 0.257. The Morgan fingerprint density at radius 1 is 1.09 bits per heavy atom. The average Bonchev–Trinajstić information content (AvgIpc) is 2.86. The molecule has 0 saturated carbocycles. The van der Waals surface area contributed by atoms with Gasteiger partial charge >= 0.3 is 5.97 Å². The first-order valence-corrected chi connectivity index (χ1v) is 6.88. The number of fused-ring (bicyclic) bond motifs is 3. The second-order valence-electron chi connectivity index (χ2n) is 5.05. The molecule has 0 spiro atoms. The summed E-state index contributed by atoms with van der Waals surface area (Å²) in [5.41, 5.74) is 9.59. The van der Waals surface area contributed by atoms with E-state index < -0.39 is 5.97 Å². The second kappa shape index (κ2) is 5.52. The molecular formula is C17H16N3O2. The molecule has 3 rings (SSSR count). The van der Waals surface area contributed by atoms with Gasteiger partial charge in [0.25, 0.3) is 0 Å². The summed E-state index contributed by atoms with van der Waals surface area (Å²) in [6, 6.07) is 16.1. The fraction of sp³-hybridized carbons (Fsp3) is 0.118. The Kier molecular flexibility index (Phi) is 3.55. The van der Waals surface area contributed by atoms with Crippen molar-refractivity contribution >= 4 is 11.9 Å². The van der Waals surface area contributed by atoms with Gasteiger partial charge in [0, 0.05) is 5.92 Å². The minimum atomic E-state index is -0.522. The maximum Gasteiger partial charge on any atom is 0.335 e. The van der Waals surface area contributed by atoms with E-state index in [1.54, 1.807) is 0 Å². The van der Waals surface area contributed by atoms with Gasteiger partial charge in [-0.2, -0.15) is 0 Å². The molecule has 0 aliphatic heterocycles. The van der Waals surface area contributed by atoms with Gasteiger partial charge in [0.15, 0.2) is 12.0 Å². The lowest BCUT2D eigenvalue weighted by molar-refractivity contribution is -0.139. The number of benzene rings is 2. The van der Waals surface area contributed by atoms with Crippen LogP contribution in [-0.4, -0.2) is 19.0 Å². The second-order valence-corrected chi connectivity index (χ2v) is 5.05. The number of hydrogen-bond donors (Lipinski definition) is 3. The van der Waals surface area contributed by atoms with Crippen LogP contribution in [0, 0.1) is 11.5 Å². The number of hydrogen-bond acceptors (Lipinski definition) is 3. The third-order valence-corrected chi connectivity index (χ3v) is 3.80. The minimum Gasteiger partial charge on any atom is -0.467 e. The number of nitrogens with one attached hydrogen (secondary N) is 2. The van der Waals surface area contributed by atoms with Gasteiger partial charge in [0.05, 0.1) is 7.11 Å². The summed E-state index contributed by atoms with van der Waals surface area (Å²) in [5, 5.41) is 10.1. The Morgan fingerprint density at radius 2 is 1.59 bits per heavy atom. The SMILES string of the molecule is COC(=O)[C](NC(=N)N)C1c2ccccc2-c2ccccc21. The van der Waals surface area contributed by atoms with Gasteiger partial charge in [-0.05, 0) is 22.3 Å². The smallest absolute Gasteiger partial charge is 0.335 e. The van der Waals surface area contributed by atoms with Crippen molar-refractivity contribution in [3.63, 3.8) is 0 Å². The molecule has 111 valence electrons. The molecule has 1 radical (unpaired) electrons. The van der Waals surface area contributed by atoms with E-state index >= 15 is 0 Å². The summed E-state index contributed by atoms with van der Waals surface area (Å²) < 4.78 is 4.87. The normalized spacial score (nSPS) is 12.6. The number of guanidine groups is 1. The van der Waals surface area contributed by atoms with Crippen molar-refractivity contribution in [1.29, 1.82) is 5.41 Å². The first-order chi connectivity index (χ1) is 10.6. The molecule has 1 aliphatic rings. The van der Waals surface area contributed by atoms with E-state index in [0.29, 0.717) is 0 Å². The lowest BCUT2D eigenvalue weighted by Crippen LogP contribution is -2.41. The zero-order valence-corrected chi connectivity index (χ0v) is 12.1. The van der Waals surface area contributed by atoms with Gasteiger partial charge in [-0.25, -0.2) is 4.79 Å². The predicted molar refractivity (Wildman–Crippen MR) is 84.0 cm³/mol. The maximum absolute atomic E-state index is 12.2. The largest absolute Gasteiger partial charge is 0.467 e. The van der Waals surface area contributed by atoms with E-state index in [9.17, 15) is 4.79 Å². The van der Waals surface area contributed by atoms with Gasteiger partial charge in [0.1, 0.15) is 0 Å². The van der Waals surface area contributed by atoms with Crippen molar-refractivity contribution in [2.45, 2.75) is 5.92 Å². The topological polar surface area (TPSA) is 88.2 Å². The molecule has 1 aliphatic carbocycles. The highest BCUT2D eigenvalue weighted by Gasteiger charge is 2.39. The highest BCUT2D eigenvalue weighted by atomic mass is 16.5. The van der Waals surface area contributed by atoms with Gasteiger partial charge in [-0.3, -0.25) is 5.41 Å². The zero-order chi connectivity index (χ0) is 15.7. The summed E-state index contributed by atoms with van der Waals surface area (Å²) >= 11 is 0. The van der Waals surface area contributed by atoms with E-state index in [-0.39, 0.29) is 17.9 Å². The summed E-state index contributed by atoms with van der Waals surface area (Å²) in [4.78, 5) is 12.2. The van der Waals surface area contributed by atoms with Gasteiger partial charge in [0.2, 0.25) is 0 Å². The summed E-state index contributed by atoms with van der Waals surface area (Å²) in [6.07, 6.45) is 0. The van der Waals surface area contributed by atoms with E-state index in [1.165, 1.54) is 7.11 Å². The quantitative estimate of drug-likeness (QED) is 0.459. The predicted octanol–water partition coefficient (Wildman–Crippen LogP) is 1.99. The van der Waals surface area contributed by atoms with Gasteiger partial charge in [-0.15, -0.1) is 0 Å². The van der Waals surface area contributed by atoms with Crippen molar-refractivity contribution in [2.24, 2.45) is 5.73 Å². The molecule has 0 heterocycles. The fourth-order valence-corrected chi connectivity index (χ4v) is 2.96. The van der Waals surface area contributed by atoms with Crippen LogP contribution in [0.5, 0.6) is 0 Å². The lowest BCUT2D eigenvalue weighted by Gasteiger charge is -2.23. The molecule has 0 unspecified atom stereocenters.